The summed E-state index contributed by atoms with van der Waals surface area (Å²) < 4.78 is 10.6. The third-order valence-electron chi connectivity index (χ3n) is 6.29. The molecule has 0 bridgehead atoms. The Morgan fingerprint density at radius 3 is 2.45 bits per heavy atom. The standard InChI is InChI=1S/C27H30N2O4/c1-28(17-20-8-10-21-6-4-5-7-22(21)14-20)27(31)23-16-26(30)29(18-23)13-12-19-9-11-24(32-2)25(15-19)33-3/h4-11,14-15,23H,12-13,16-18H2,1-3H3. The average Bonchev–Trinajstić information content (AvgIpc) is 3.22. The van der Waals surface area contributed by atoms with Crippen LogP contribution in [0, 0.1) is 5.92 Å². The van der Waals surface area contributed by atoms with E-state index in [0.717, 1.165) is 16.5 Å². The van der Waals surface area contributed by atoms with Crippen molar-refractivity contribution in [3.8, 4) is 11.5 Å². The maximum absolute atomic E-state index is 13.0. The van der Waals surface area contributed by atoms with E-state index in [0.29, 0.717) is 37.6 Å². The van der Waals surface area contributed by atoms with Gasteiger partial charge in [-0.1, -0.05) is 42.5 Å². The molecule has 1 atom stereocenters. The van der Waals surface area contributed by atoms with Crippen molar-refractivity contribution in [3.63, 3.8) is 0 Å². The number of hydrogen-bond acceptors (Lipinski definition) is 4. The smallest absolute Gasteiger partial charge is 0.228 e. The molecule has 0 aliphatic carbocycles. The summed E-state index contributed by atoms with van der Waals surface area (Å²) in [6.45, 7) is 1.57. The van der Waals surface area contributed by atoms with E-state index in [4.69, 9.17) is 9.47 Å². The molecule has 3 aromatic carbocycles. The zero-order valence-electron chi connectivity index (χ0n) is 19.4. The van der Waals surface area contributed by atoms with Crippen LogP contribution < -0.4 is 9.47 Å². The lowest BCUT2D eigenvalue weighted by Crippen LogP contribution is -2.34. The molecule has 1 aliphatic heterocycles. The van der Waals surface area contributed by atoms with Gasteiger partial charge in [-0.25, -0.2) is 0 Å². The first-order valence-electron chi connectivity index (χ1n) is 11.2. The molecule has 3 aromatic rings. The Hall–Kier alpha value is -3.54. The van der Waals surface area contributed by atoms with E-state index < -0.39 is 0 Å². The maximum Gasteiger partial charge on any atom is 0.228 e. The van der Waals surface area contributed by atoms with Crippen molar-refractivity contribution in [2.45, 2.75) is 19.4 Å². The normalized spacial score (nSPS) is 15.7. The molecule has 33 heavy (non-hydrogen) atoms. The monoisotopic (exact) mass is 446 g/mol. The Labute approximate surface area is 194 Å². The van der Waals surface area contributed by atoms with Gasteiger partial charge in [0.15, 0.2) is 11.5 Å². The van der Waals surface area contributed by atoms with Gasteiger partial charge < -0.3 is 19.3 Å². The summed E-state index contributed by atoms with van der Waals surface area (Å²) in [4.78, 5) is 29.2. The average molecular weight is 447 g/mol. The fraction of sp³-hybridized carbons (Fsp3) is 0.333. The second-order valence-electron chi connectivity index (χ2n) is 8.56. The molecule has 2 amide bonds. The van der Waals surface area contributed by atoms with Crippen LogP contribution >= 0.6 is 0 Å². The molecule has 172 valence electrons. The van der Waals surface area contributed by atoms with E-state index in [2.05, 4.69) is 30.3 Å². The number of likely N-dealkylation sites (tertiary alicyclic amines) is 1. The van der Waals surface area contributed by atoms with E-state index in [1.165, 1.54) is 5.39 Å². The van der Waals surface area contributed by atoms with Crippen molar-refractivity contribution in [1.29, 1.82) is 0 Å². The van der Waals surface area contributed by atoms with Crippen LogP contribution in [0.4, 0.5) is 0 Å². The summed E-state index contributed by atoms with van der Waals surface area (Å²) in [6.07, 6.45) is 0.965. The molecule has 6 heteroatoms. The molecule has 4 rings (SSSR count). The first-order valence-corrected chi connectivity index (χ1v) is 11.2. The van der Waals surface area contributed by atoms with Gasteiger partial charge in [0, 0.05) is 33.1 Å². The summed E-state index contributed by atoms with van der Waals surface area (Å²) >= 11 is 0. The highest BCUT2D eigenvalue weighted by Crippen LogP contribution is 2.28. The van der Waals surface area contributed by atoms with Crippen LogP contribution in [-0.2, 0) is 22.6 Å². The Morgan fingerprint density at radius 1 is 0.970 bits per heavy atom. The van der Waals surface area contributed by atoms with Gasteiger partial charge in [-0.05, 0) is 46.5 Å². The van der Waals surface area contributed by atoms with Crippen molar-refractivity contribution < 1.29 is 19.1 Å². The highest BCUT2D eigenvalue weighted by Gasteiger charge is 2.35. The van der Waals surface area contributed by atoms with E-state index >= 15 is 0 Å². The second kappa shape index (κ2) is 9.94. The molecule has 6 nitrogen and oxygen atoms in total. The fourth-order valence-corrected chi connectivity index (χ4v) is 4.45. The summed E-state index contributed by atoms with van der Waals surface area (Å²) in [5.41, 5.74) is 2.14. The number of amides is 2. The number of fused-ring (bicyclic) bond motifs is 1. The molecule has 0 spiro atoms. The molecular formula is C27H30N2O4. The van der Waals surface area contributed by atoms with Gasteiger partial charge in [0.1, 0.15) is 0 Å². The van der Waals surface area contributed by atoms with Gasteiger partial charge in [0.25, 0.3) is 0 Å². The first kappa shape index (κ1) is 22.6. The number of hydrogen-bond donors (Lipinski definition) is 0. The minimum Gasteiger partial charge on any atom is -0.493 e. The molecule has 1 fully saturated rings. The molecule has 1 aliphatic rings. The van der Waals surface area contributed by atoms with Crippen LogP contribution in [0.3, 0.4) is 0 Å². The topological polar surface area (TPSA) is 59.1 Å². The minimum absolute atomic E-state index is 0.0186. The number of carbonyl (C=O) groups excluding carboxylic acids is 2. The molecule has 0 radical (unpaired) electrons. The lowest BCUT2D eigenvalue weighted by Gasteiger charge is -2.22. The molecule has 0 N–H and O–H groups in total. The van der Waals surface area contributed by atoms with Crippen molar-refractivity contribution in [3.05, 3.63) is 71.8 Å². The Kier molecular flexibility index (Phi) is 6.82. The van der Waals surface area contributed by atoms with Gasteiger partial charge in [-0.2, -0.15) is 0 Å². The van der Waals surface area contributed by atoms with Gasteiger partial charge in [-0.3, -0.25) is 9.59 Å². The Balaban J connectivity index is 1.34. The predicted octanol–water partition coefficient (Wildman–Crippen LogP) is 3.91. The number of rotatable bonds is 8. The van der Waals surface area contributed by atoms with Crippen molar-refractivity contribution in [2.75, 3.05) is 34.4 Å². The SMILES string of the molecule is COc1ccc(CCN2CC(C(=O)N(C)Cc3ccc4ccccc4c3)CC2=O)cc1OC. The fourth-order valence-electron chi connectivity index (χ4n) is 4.45. The third kappa shape index (κ3) is 5.11. The lowest BCUT2D eigenvalue weighted by molar-refractivity contribution is -0.135. The molecule has 1 heterocycles. The zero-order chi connectivity index (χ0) is 23.4. The first-order chi connectivity index (χ1) is 16.0. The van der Waals surface area contributed by atoms with Crippen molar-refractivity contribution in [2.24, 2.45) is 5.92 Å². The Morgan fingerprint density at radius 2 is 1.70 bits per heavy atom. The number of methoxy groups -OCH3 is 2. The molecule has 0 aromatic heterocycles. The van der Waals surface area contributed by atoms with Crippen LogP contribution in [-0.4, -0.2) is 56.0 Å². The van der Waals surface area contributed by atoms with Crippen LogP contribution in [0.25, 0.3) is 10.8 Å². The largest absolute Gasteiger partial charge is 0.493 e. The van der Waals surface area contributed by atoms with Crippen LogP contribution in [0.2, 0.25) is 0 Å². The predicted molar refractivity (Wildman–Crippen MR) is 128 cm³/mol. The summed E-state index contributed by atoms with van der Waals surface area (Å²) in [5.74, 6) is 1.11. The zero-order valence-corrected chi connectivity index (χ0v) is 19.4. The quantitative estimate of drug-likeness (QED) is 0.527. The minimum atomic E-state index is -0.298. The molecule has 1 saturated heterocycles. The highest BCUT2D eigenvalue weighted by atomic mass is 16.5. The molecule has 1 unspecified atom stereocenters. The van der Waals surface area contributed by atoms with Gasteiger partial charge in [0.2, 0.25) is 11.8 Å². The maximum atomic E-state index is 13.0. The van der Waals surface area contributed by atoms with Crippen LogP contribution in [0.15, 0.2) is 60.7 Å². The Bertz CT molecular complexity index is 1160. The van der Waals surface area contributed by atoms with E-state index in [1.807, 2.05) is 37.4 Å². The van der Waals surface area contributed by atoms with E-state index in [-0.39, 0.29) is 24.2 Å². The van der Waals surface area contributed by atoms with Gasteiger partial charge in [0.05, 0.1) is 20.1 Å². The summed E-state index contributed by atoms with van der Waals surface area (Å²) in [6, 6.07) is 20.2. The number of nitrogens with zero attached hydrogens (tertiary/aromatic N) is 2. The van der Waals surface area contributed by atoms with E-state index in [1.54, 1.807) is 24.0 Å². The van der Waals surface area contributed by atoms with Crippen LogP contribution in [0.5, 0.6) is 11.5 Å². The summed E-state index contributed by atoms with van der Waals surface area (Å²) in [5, 5.41) is 2.34. The van der Waals surface area contributed by atoms with E-state index in [9.17, 15) is 9.59 Å². The second-order valence-corrected chi connectivity index (χ2v) is 8.56. The van der Waals surface area contributed by atoms with Gasteiger partial charge in [-0.15, -0.1) is 0 Å². The van der Waals surface area contributed by atoms with Crippen LogP contribution in [0.1, 0.15) is 17.5 Å². The van der Waals surface area contributed by atoms with Crippen molar-refractivity contribution in [1.82, 2.24) is 9.80 Å². The summed E-state index contributed by atoms with van der Waals surface area (Å²) in [7, 11) is 5.03. The van der Waals surface area contributed by atoms with Gasteiger partial charge >= 0.3 is 0 Å². The highest BCUT2D eigenvalue weighted by molar-refractivity contribution is 5.89. The number of benzene rings is 3. The van der Waals surface area contributed by atoms with Crippen molar-refractivity contribution >= 4 is 22.6 Å². The lowest BCUT2D eigenvalue weighted by atomic mass is 10.0. The number of carbonyl (C=O) groups is 2. The third-order valence-corrected chi connectivity index (χ3v) is 6.29. The molecule has 0 saturated carbocycles. The molecular weight excluding hydrogens is 416 g/mol. The number of ether oxygens (including phenoxy) is 2.